The van der Waals surface area contributed by atoms with E-state index >= 15 is 0 Å². The normalized spacial score (nSPS) is 19.1. The van der Waals surface area contributed by atoms with Crippen LogP contribution >= 0.6 is 0 Å². The first-order chi connectivity index (χ1) is 26.1. The highest BCUT2D eigenvalue weighted by molar-refractivity contribution is 7.92. The van der Waals surface area contributed by atoms with E-state index in [0.29, 0.717) is 36.2 Å². The summed E-state index contributed by atoms with van der Waals surface area (Å²) in [6, 6.07) is 12.1. The maximum absolute atomic E-state index is 12.2. The Balaban J connectivity index is 0.000000501. The maximum Gasteiger partial charge on any atom is 0.161 e. The number of para-hydroxylation sites is 1. The lowest BCUT2D eigenvalue weighted by Gasteiger charge is -2.50. The first-order valence-electron chi connectivity index (χ1n) is 18.5. The largest absolute Gasteiger partial charge is 0.513 e. The molecule has 2 aliphatic heterocycles. The third kappa shape index (κ3) is 9.99. The topological polar surface area (TPSA) is 192 Å². The Morgan fingerprint density at radius 1 is 1.11 bits per heavy atom. The van der Waals surface area contributed by atoms with E-state index < -0.39 is 15.1 Å². The molecule has 14 nitrogen and oxygen atoms in total. The molecule has 1 atom stereocenters. The van der Waals surface area contributed by atoms with E-state index in [2.05, 4.69) is 54.6 Å². The van der Waals surface area contributed by atoms with Gasteiger partial charge in [-0.3, -0.25) is 9.67 Å². The molecule has 17 heteroatoms. The lowest BCUT2D eigenvalue weighted by molar-refractivity contribution is -0.108. The number of nitrogens with two attached hydrogens (primary N) is 2. The minimum atomic E-state index is -2.39. The van der Waals surface area contributed by atoms with Gasteiger partial charge < -0.3 is 41.8 Å². The zero-order valence-corrected chi connectivity index (χ0v) is 33.5. The number of fused-ring (bicyclic) bond motifs is 3. The van der Waals surface area contributed by atoms with Gasteiger partial charge in [-0.15, -0.1) is 0 Å². The number of aliphatic imine (C=N–C) groups is 1. The van der Waals surface area contributed by atoms with Crippen molar-refractivity contribution in [1.82, 2.24) is 25.0 Å². The Bertz CT molecular complexity index is 2050. The second kappa shape index (κ2) is 17.5. The summed E-state index contributed by atoms with van der Waals surface area (Å²) in [4.78, 5) is 22.2. The van der Waals surface area contributed by atoms with E-state index in [4.69, 9.17) is 32.3 Å². The molecule has 4 aliphatic rings. The molecule has 4 heterocycles. The van der Waals surface area contributed by atoms with E-state index in [1.165, 1.54) is 12.8 Å². The van der Waals surface area contributed by atoms with Gasteiger partial charge in [-0.05, 0) is 62.7 Å². The number of rotatable bonds is 11. The van der Waals surface area contributed by atoms with Gasteiger partial charge in [0.25, 0.3) is 0 Å². The average molecular weight is 766 g/mol. The standard InChI is InChI=1S/C30H38B2N10O2S.C4H9N.C4H6O/c1-6-24-29-20(19-9-7-10-22(28(19)40(24)3)37-23(21(33)17-43)13-26(34)35-2)14-36-42(29)18-15-41(16-18)30(31,32)25-11-8-12-27(38-25)39-45(4,5)44;1-5-4-2-3-4;5-3-4-1-2-4/h7-14,17-18,24,37,43H,6,15-16,33H2,1-5H3,(H2,34,35);4-5H,2-3H2,1H3;3-4H,1-2H2/b21-17+,23-13+;;. The van der Waals surface area contributed by atoms with E-state index in [1.54, 1.807) is 43.8 Å². The summed E-state index contributed by atoms with van der Waals surface area (Å²) in [5, 5.41) is 19.7. The summed E-state index contributed by atoms with van der Waals surface area (Å²) in [5.41, 5.74) is 17.9. The Hall–Kier alpha value is -4.60. The molecule has 1 unspecified atom stereocenters. The number of likely N-dealkylation sites (tertiary alicyclic amines) is 1. The van der Waals surface area contributed by atoms with Gasteiger partial charge in [0.2, 0.25) is 0 Å². The SMILES string of the molecule is CNC1CC1.O=CC1CC1.[B]C([B])(c1cccc(N=S(C)(C)=O)n1)N1CC(n2ncc3c2C(CC)N(C)c2c(NC(=C/C(N)=NC)/C(N)=C\O)cccc2-3)C1. The Kier molecular flexibility index (Phi) is 13.2. The number of anilines is 2. The predicted molar refractivity (Wildman–Crippen MR) is 224 cm³/mol. The molecule has 7 rings (SSSR count). The average Bonchev–Trinajstić information content (AvgIpc) is 4.08. The second-order valence-electron chi connectivity index (χ2n) is 14.6. The molecule has 290 valence electrons. The molecular weight excluding hydrogens is 712 g/mol. The van der Waals surface area contributed by atoms with Gasteiger partial charge in [0.1, 0.15) is 18.4 Å². The van der Waals surface area contributed by atoms with E-state index in [0.717, 1.165) is 66.0 Å². The lowest BCUT2D eigenvalue weighted by atomic mass is 9.57. The molecule has 3 fully saturated rings. The van der Waals surface area contributed by atoms with Gasteiger partial charge in [-0.2, -0.15) is 9.46 Å². The molecule has 3 aromatic rings. The number of amidine groups is 1. The number of aldehydes is 1. The van der Waals surface area contributed by atoms with Crippen molar-refractivity contribution in [1.29, 1.82) is 0 Å². The number of benzene rings is 1. The number of pyridine rings is 1. The van der Waals surface area contributed by atoms with Crippen LogP contribution in [0.15, 0.2) is 75.7 Å². The summed E-state index contributed by atoms with van der Waals surface area (Å²) < 4.78 is 18.5. The van der Waals surface area contributed by atoms with Crippen LogP contribution in [0.4, 0.5) is 17.2 Å². The van der Waals surface area contributed by atoms with Gasteiger partial charge in [0, 0.05) is 84.3 Å². The summed E-state index contributed by atoms with van der Waals surface area (Å²) in [6.07, 6.45) is 14.4. The molecule has 0 spiro atoms. The minimum absolute atomic E-state index is 0.0193. The first-order valence-corrected chi connectivity index (χ1v) is 20.8. The van der Waals surface area contributed by atoms with Crippen LogP contribution in [0, 0.1) is 5.92 Å². The Labute approximate surface area is 327 Å². The van der Waals surface area contributed by atoms with Crippen LogP contribution in [-0.4, -0.2) is 110 Å². The molecule has 2 saturated carbocycles. The van der Waals surface area contributed by atoms with Gasteiger partial charge in [-0.1, -0.05) is 25.1 Å². The van der Waals surface area contributed by atoms with Crippen molar-refractivity contribution in [2.75, 3.05) is 57.0 Å². The summed E-state index contributed by atoms with van der Waals surface area (Å²) in [7, 11) is 16.5. The quantitative estimate of drug-likeness (QED) is 0.0476. The van der Waals surface area contributed by atoms with Gasteiger partial charge >= 0.3 is 0 Å². The first kappa shape index (κ1) is 41.6. The highest BCUT2D eigenvalue weighted by Crippen LogP contribution is 2.50. The third-order valence-electron chi connectivity index (χ3n) is 9.94. The molecule has 2 aliphatic carbocycles. The number of aromatic nitrogens is 3. The smallest absolute Gasteiger partial charge is 0.161 e. The predicted octanol–water partition coefficient (Wildman–Crippen LogP) is 3.81. The molecule has 4 radical (unpaired) electrons. The van der Waals surface area contributed by atoms with Crippen LogP contribution in [0.5, 0.6) is 0 Å². The third-order valence-corrected chi connectivity index (χ3v) is 10.6. The zero-order valence-electron chi connectivity index (χ0n) is 32.6. The van der Waals surface area contributed by atoms with Gasteiger partial charge in [0.05, 0.1) is 62.4 Å². The molecule has 0 amide bonds. The monoisotopic (exact) mass is 765 g/mol. The van der Waals surface area contributed by atoms with E-state index in [9.17, 15) is 14.1 Å². The summed E-state index contributed by atoms with van der Waals surface area (Å²) in [5.74, 6) is 1.05. The van der Waals surface area contributed by atoms with Crippen molar-refractivity contribution in [2.45, 2.75) is 62.5 Å². The summed E-state index contributed by atoms with van der Waals surface area (Å²) in [6.45, 7) is 3.28. The maximum atomic E-state index is 12.2. The van der Waals surface area contributed by atoms with E-state index in [-0.39, 0.29) is 23.6 Å². The lowest BCUT2D eigenvalue weighted by Crippen LogP contribution is -2.60. The van der Waals surface area contributed by atoms with Gasteiger partial charge in [-0.25, -0.2) is 9.19 Å². The second-order valence-corrected chi connectivity index (χ2v) is 17.2. The van der Waals surface area contributed by atoms with Gasteiger partial charge in [0.15, 0.2) is 5.82 Å². The molecule has 1 aromatic carbocycles. The number of nitrogens with one attached hydrogen (secondary N) is 2. The van der Waals surface area contributed by atoms with Crippen molar-refractivity contribution in [2.24, 2.45) is 26.7 Å². The number of hydrogen-bond acceptors (Lipinski definition) is 12. The van der Waals surface area contributed by atoms with Crippen LogP contribution in [0.2, 0.25) is 0 Å². The highest BCUT2D eigenvalue weighted by Gasteiger charge is 2.42. The molecule has 0 bridgehead atoms. The van der Waals surface area contributed by atoms with E-state index in [1.807, 2.05) is 30.3 Å². The zero-order chi connectivity index (χ0) is 40.1. The van der Waals surface area contributed by atoms with Crippen LogP contribution in [0.1, 0.15) is 62.5 Å². The van der Waals surface area contributed by atoms with Crippen molar-refractivity contribution in [3.63, 3.8) is 0 Å². The number of carbonyl (C=O) groups excluding carboxylic acids is 1. The summed E-state index contributed by atoms with van der Waals surface area (Å²) >= 11 is 0. The molecule has 7 N–H and O–H groups in total. The Morgan fingerprint density at radius 3 is 2.33 bits per heavy atom. The fourth-order valence-electron chi connectivity index (χ4n) is 6.47. The molecular formula is C38H53B2N11O3S. The van der Waals surface area contributed by atoms with Crippen molar-refractivity contribution < 1.29 is 14.1 Å². The van der Waals surface area contributed by atoms with Crippen LogP contribution in [0.25, 0.3) is 11.1 Å². The van der Waals surface area contributed by atoms with Crippen molar-refractivity contribution >= 4 is 54.7 Å². The molecule has 2 aromatic heterocycles. The molecule has 55 heavy (non-hydrogen) atoms. The van der Waals surface area contributed by atoms with Crippen LogP contribution in [0.3, 0.4) is 0 Å². The number of aliphatic hydroxyl groups is 1. The Morgan fingerprint density at radius 2 is 1.80 bits per heavy atom. The number of hydrogen-bond donors (Lipinski definition) is 5. The van der Waals surface area contributed by atoms with Crippen LogP contribution in [-0.2, 0) is 19.9 Å². The van der Waals surface area contributed by atoms with Crippen molar-refractivity contribution in [3.05, 3.63) is 77.7 Å². The van der Waals surface area contributed by atoms with Crippen molar-refractivity contribution in [3.8, 4) is 11.1 Å². The van der Waals surface area contributed by atoms with Crippen LogP contribution < -0.4 is 27.0 Å². The number of carbonyl (C=O) groups is 1. The minimum Gasteiger partial charge on any atom is -0.513 e. The fraction of sp³-hybridized carbons (Fsp3) is 0.474. The fourth-order valence-corrected chi connectivity index (χ4v) is 7.02. The number of nitrogens with zero attached hydrogens (tertiary/aromatic N) is 7. The molecule has 1 saturated heterocycles. The number of aliphatic hydroxyl groups excluding tert-OH is 1. The highest BCUT2D eigenvalue weighted by atomic mass is 32.2.